The zero-order valence-corrected chi connectivity index (χ0v) is 9.02. The highest BCUT2D eigenvalue weighted by Gasteiger charge is 2.40. The van der Waals surface area contributed by atoms with Crippen LogP contribution < -0.4 is 5.32 Å². The zero-order chi connectivity index (χ0) is 9.53. The van der Waals surface area contributed by atoms with E-state index in [0.717, 1.165) is 6.61 Å². The van der Waals surface area contributed by atoms with E-state index in [1.807, 2.05) is 0 Å². The van der Waals surface area contributed by atoms with Crippen molar-refractivity contribution in [3.05, 3.63) is 0 Å². The van der Waals surface area contributed by atoms with Crippen molar-refractivity contribution in [2.75, 3.05) is 13.2 Å². The summed E-state index contributed by atoms with van der Waals surface area (Å²) in [5, 5.41) is 3.65. The molecule has 1 saturated heterocycles. The van der Waals surface area contributed by atoms with Crippen molar-refractivity contribution in [3.63, 3.8) is 0 Å². The molecule has 1 saturated carbocycles. The fourth-order valence-corrected chi connectivity index (χ4v) is 2.00. The van der Waals surface area contributed by atoms with Crippen LogP contribution in [0.5, 0.6) is 0 Å². The Morgan fingerprint density at radius 2 is 2.00 bits per heavy atom. The Bertz CT molecular complexity index is 196. The minimum absolute atomic E-state index is 0.0469. The van der Waals surface area contributed by atoms with E-state index in [2.05, 4.69) is 26.1 Å². The molecule has 0 aromatic heterocycles. The van der Waals surface area contributed by atoms with E-state index in [-0.39, 0.29) is 5.60 Å². The summed E-state index contributed by atoms with van der Waals surface area (Å²) in [6.07, 6.45) is 3.96. The molecule has 0 bridgehead atoms. The number of hydrogen-bond acceptors (Lipinski definition) is 2. The van der Waals surface area contributed by atoms with Crippen molar-refractivity contribution >= 4 is 0 Å². The molecule has 1 unspecified atom stereocenters. The van der Waals surface area contributed by atoms with E-state index in [1.54, 1.807) is 0 Å². The lowest BCUT2D eigenvalue weighted by molar-refractivity contribution is 0.0209. The molecule has 1 atom stereocenters. The molecular weight excluding hydrogens is 162 g/mol. The Morgan fingerprint density at radius 1 is 1.31 bits per heavy atom. The molecule has 0 amide bonds. The van der Waals surface area contributed by atoms with Crippen LogP contribution in [0.15, 0.2) is 0 Å². The van der Waals surface area contributed by atoms with Crippen LogP contribution in [-0.4, -0.2) is 24.8 Å². The first-order valence-electron chi connectivity index (χ1n) is 5.39. The molecule has 76 valence electrons. The number of nitrogens with one attached hydrogen (secondary N) is 1. The second-order valence-electron chi connectivity index (χ2n) is 5.48. The number of rotatable bonds is 3. The molecule has 0 aromatic rings. The lowest BCUT2D eigenvalue weighted by Gasteiger charge is -2.27. The Kier molecular flexibility index (Phi) is 2.16. The predicted molar refractivity (Wildman–Crippen MR) is 53.8 cm³/mol. The summed E-state index contributed by atoms with van der Waals surface area (Å²) < 4.78 is 5.68. The van der Waals surface area contributed by atoms with Gasteiger partial charge < -0.3 is 10.1 Å². The van der Waals surface area contributed by atoms with Gasteiger partial charge in [-0.1, -0.05) is 6.92 Å². The Labute approximate surface area is 81.0 Å². The highest BCUT2D eigenvalue weighted by atomic mass is 16.5. The van der Waals surface area contributed by atoms with Crippen LogP contribution in [0.3, 0.4) is 0 Å². The van der Waals surface area contributed by atoms with Crippen LogP contribution >= 0.6 is 0 Å². The molecule has 0 spiro atoms. The van der Waals surface area contributed by atoms with E-state index in [4.69, 9.17) is 4.74 Å². The predicted octanol–water partition coefficient (Wildman–Crippen LogP) is 1.94. The minimum atomic E-state index is 0.0469. The van der Waals surface area contributed by atoms with Crippen LogP contribution in [-0.2, 0) is 4.74 Å². The van der Waals surface area contributed by atoms with Gasteiger partial charge in [0.15, 0.2) is 0 Å². The second-order valence-corrected chi connectivity index (χ2v) is 5.48. The van der Waals surface area contributed by atoms with E-state index in [9.17, 15) is 0 Å². The first-order chi connectivity index (χ1) is 6.02. The maximum absolute atomic E-state index is 5.68. The summed E-state index contributed by atoms with van der Waals surface area (Å²) in [6.45, 7) is 8.83. The maximum atomic E-state index is 5.68. The normalized spacial score (nSPS) is 34.8. The molecule has 2 fully saturated rings. The molecule has 1 aliphatic heterocycles. The Hall–Kier alpha value is -0.0800. The van der Waals surface area contributed by atoms with Crippen molar-refractivity contribution < 1.29 is 4.74 Å². The number of hydrogen-bond donors (Lipinski definition) is 1. The molecule has 0 aromatic carbocycles. The van der Waals surface area contributed by atoms with Crippen LogP contribution in [0.2, 0.25) is 0 Å². The van der Waals surface area contributed by atoms with Gasteiger partial charge in [0.25, 0.3) is 0 Å². The van der Waals surface area contributed by atoms with Crippen LogP contribution in [0.25, 0.3) is 0 Å². The van der Waals surface area contributed by atoms with E-state index >= 15 is 0 Å². The van der Waals surface area contributed by atoms with Gasteiger partial charge in [0.1, 0.15) is 0 Å². The molecule has 13 heavy (non-hydrogen) atoms. The maximum Gasteiger partial charge on any atom is 0.0779 e. The van der Waals surface area contributed by atoms with Gasteiger partial charge in [-0.2, -0.15) is 0 Å². The van der Waals surface area contributed by atoms with Gasteiger partial charge in [0.05, 0.1) is 5.60 Å². The Morgan fingerprint density at radius 3 is 2.46 bits per heavy atom. The monoisotopic (exact) mass is 183 g/mol. The number of ether oxygens (including phenoxy) is 1. The summed E-state index contributed by atoms with van der Waals surface area (Å²) in [7, 11) is 0. The third-order valence-corrected chi connectivity index (χ3v) is 3.60. The smallest absolute Gasteiger partial charge is 0.0779 e. The quantitative estimate of drug-likeness (QED) is 0.722. The lowest BCUT2D eigenvalue weighted by atomic mass is 9.98. The van der Waals surface area contributed by atoms with Gasteiger partial charge >= 0.3 is 0 Å². The molecule has 1 heterocycles. The molecule has 2 nitrogen and oxygen atoms in total. The molecule has 2 rings (SSSR count). The fraction of sp³-hybridized carbons (Fsp3) is 1.00. The molecule has 2 heteroatoms. The van der Waals surface area contributed by atoms with Gasteiger partial charge in [-0.25, -0.2) is 0 Å². The minimum Gasteiger partial charge on any atom is -0.374 e. The molecule has 2 aliphatic rings. The van der Waals surface area contributed by atoms with Gasteiger partial charge in [0, 0.05) is 19.2 Å². The average Bonchev–Trinajstić information content (AvgIpc) is 2.66. The van der Waals surface area contributed by atoms with Crippen LogP contribution in [0.1, 0.15) is 40.0 Å². The molecular formula is C11H21NO. The van der Waals surface area contributed by atoms with Crippen molar-refractivity contribution in [2.24, 2.45) is 5.41 Å². The summed E-state index contributed by atoms with van der Waals surface area (Å²) in [6, 6.07) is 0.560. The largest absolute Gasteiger partial charge is 0.374 e. The van der Waals surface area contributed by atoms with E-state index < -0.39 is 0 Å². The van der Waals surface area contributed by atoms with Crippen molar-refractivity contribution in [2.45, 2.75) is 51.7 Å². The average molecular weight is 183 g/mol. The summed E-state index contributed by atoms with van der Waals surface area (Å²) in [5.41, 5.74) is 0.657. The summed E-state index contributed by atoms with van der Waals surface area (Å²) in [4.78, 5) is 0. The van der Waals surface area contributed by atoms with Gasteiger partial charge in [-0.05, 0) is 38.5 Å². The molecule has 0 radical (unpaired) electrons. The third-order valence-electron chi connectivity index (χ3n) is 3.60. The SMILES string of the molecule is CC1(CNC2CCOC2(C)C)CC1. The van der Waals surface area contributed by atoms with Crippen molar-refractivity contribution in [3.8, 4) is 0 Å². The van der Waals surface area contributed by atoms with Crippen LogP contribution in [0.4, 0.5) is 0 Å². The van der Waals surface area contributed by atoms with Gasteiger partial charge in [-0.3, -0.25) is 0 Å². The standard InChI is InChI=1S/C11H21NO/c1-10(2)9(4-7-13-10)12-8-11(3)5-6-11/h9,12H,4-8H2,1-3H3. The lowest BCUT2D eigenvalue weighted by Crippen LogP contribution is -2.45. The van der Waals surface area contributed by atoms with Gasteiger partial charge in [-0.15, -0.1) is 0 Å². The van der Waals surface area contributed by atoms with Crippen LogP contribution in [0, 0.1) is 5.41 Å². The van der Waals surface area contributed by atoms with E-state index in [1.165, 1.54) is 25.8 Å². The highest BCUT2D eigenvalue weighted by Crippen LogP contribution is 2.44. The van der Waals surface area contributed by atoms with Crippen molar-refractivity contribution in [1.82, 2.24) is 5.32 Å². The molecule has 1 aliphatic carbocycles. The topological polar surface area (TPSA) is 21.3 Å². The highest BCUT2D eigenvalue weighted by molar-refractivity contribution is 4.96. The summed E-state index contributed by atoms with van der Waals surface area (Å²) >= 11 is 0. The van der Waals surface area contributed by atoms with Gasteiger partial charge in [0.2, 0.25) is 0 Å². The molecule has 1 N–H and O–H groups in total. The first kappa shape index (κ1) is 9.47. The fourth-order valence-electron chi connectivity index (χ4n) is 2.00. The second kappa shape index (κ2) is 2.96. The third kappa shape index (κ3) is 2.05. The zero-order valence-electron chi connectivity index (χ0n) is 9.02. The summed E-state index contributed by atoms with van der Waals surface area (Å²) in [5.74, 6) is 0. The van der Waals surface area contributed by atoms with Crippen molar-refractivity contribution in [1.29, 1.82) is 0 Å². The Balaban J connectivity index is 1.81. The van der Waals surface area contributed by atoms with E-state index in [0.29, 0.717) is 11.5 Å². The first-order valence-corrected chi connectivity index (χ1v) is 5.39.